The fraction of sp³-hybridized carbons (Fsp3) is 0.312. The van der Waals surface area contributed by atoms with Crippen LogP contribution in [0, 0.1) is 0 Å². The minimum atomic E-state index is -1.04. The maximum atomic E-state index is 12.1. The quantitative estimate of drug-likeness (QED) is 0.450. The molecule has 0 radical (unpaired) electrons. The molecule has 0 aliphatic rings. The van der Waals surface area contributed by atoms with Gasteiger partial charge in [-0.1, -0.05) is 36.9 Å². The summed E-state index contributed by atoms with van der Waals surface area (Å²) in [5.41, 5.74) is 1.10. The number of nitrogens with one attached hydrogen (secondary N) is 1. The highest BCUT2D eigenvalue weighted by Crippen LogP contribution is 2.17. The van der Waals surface area contributed by atoms with Gasteiger partial charge in [-0.05, 0) is 18.1 Å². The number of nitrogen functional groups attached to an aromatic ring is 1. The summed E-state index contributed by atoms with van der Waals surface area (Å²) in [7, 11) is 0. The van der Waals surface area contributed by atoms with Gasteiger partial charge in [-0.2, -0.15) is 4.68 Å². The van der Waals surface area contributed by atoms with E-state index in [1.807, 2.05) is 31.2 Å². The fourth-order valence-electron chi connectivity index (χ4n) is 2.17. The van der Waals surface area contributed by atoms with Crippen LogP contribution in [0.3, 0.4) is 0 Å². The maximum absolute atomic E-state index is 12.1. The third kappa shape index (κ3) is 5.06. The van der Waals surface area contributed by atoms with E-state index in [1.54, 1.807) is 0 Å². The van der Waals surface area contributed by atoms with Crippen LogP contribution in [0.1, 0.15) is 24.6 Å². The number of nitrogens with zero attached hydrogens (tertiary/aromatic N) is 3. The molecule has 0 spiro atoms. The van der Waals surface area contributed by atoms with E-state index < -0.39 is 11.5 Å². The van der Waals surface area contributed by atoms with Crippen LogP contribution < -0.4 is 16.7 Å². The number of carbonyl (C=O) groups is 2. The lowest BCUT2D eigenvalue weighted by atomic mass is 10.1. The molecule has 0 unspecified atom stereocenters. The molecule has 1 heterocycles. The minimum absolute atomic E-state index is 0.00214. The largest absolute Gasteiger partial charge is 0.481 e. The molecule has 138 valence electrons. The number of rotatable bonds is 8. The Morgan fingerprint density at radius 1 is 1.31 bits per heavy atom. The first-order valence-corrected chi connectivity index (χ1v) is 8.87. The van der Waals surface area contributed by atoms with Crippen molar-refractivity contribution in [2.45, 2.75) is 31.3 Å². The molecule has 0 aliphatic carbocycles. The van der Waals surface area contributed by atoms with Crippen LogP contribution >= 0.6 is 11.8 Å². The number of amides is 1. The zero-order chi connectivity index (χ0) is 19.1. The summed E-state index contributed by atoms with van der Waals surface area (Å²) in [5.74, 6) is 4.37. The van der Waals surface area contributed by atoms with E-state index in [4.69, 9.17) is 10.9 Å². The van der Waals surface area contributed by atoms with Gasteiger partial charge in [0.15, 0.2) is 0 Å². The molecule has 26 heavy (non-hydrogen) atoms. The third-order valence-electron chi connectivity index (χ3n) is 3.51. The minimum Gasteiger partial charge on any atom is -0.481 e. The summed E-state index contributed by atoms with van der Waals surface area (Å²) in [6, 6.07) is 7.48. The molecule has 0 aliphatic heterocycles. The summed E-state index contributed by atoms with van der Waals surface area (Å²) in [4.78, 5) is 34.7. The number of carbonyl (C=O) groups excluding carboxylic acids is 1. The molecule has 1 aromatic heterocycles. The molecule has 0 saturated heterocycles. The van der Waals surface area contributed by atoms with Gasteiger partial charge in [-0.15, -0.1) is 10.2 Å². The van der Waals surface area contributed by atoms with E-state index in [9.17, 15) is 14.4 Å². The molecule has 10 heteroatoms. The van der Waals surface area contributed by atoms with Crippen molar-refractivity contribution in [3.8, 4) is 0 Å². The predicted molar refractivity (Wildman–Crippen MR) is 97.6 cm³/mol. The highest BCUT2D eigenvalue weighted by atomic mass is 32.2. The Kier molecular flexibility index (Phi) is 6.73. The zero-order valence-corrected chi connectivity index (χ0v) is 15.0. The van der Waals surface area contributed by atoms with Crippen molar-refractivity contribution in [2.75, 3.05) is 16.9 Å². The highest BCUT2D eigenvalue weighted by molar-refractivity contribution is 7.99. The molecule has 9 nitrogen and oxygen atoms in total. The summed E-state index contributed by atoms with van der Waals surface area (Å²) in [5, 5.41) is 19.1. The van der Waals surface area contributed by atoms with Gasteiger partial charge < -0.3 is 16.3 Å². The van der Waals surface area contributed by atoms with Crippen molar-refractivity contribution in [1.82, 2.24) is 14.9 Å². The molecule has 2 rings (SSSR count). The Hall–Kier alpha value is -2.88. The van der Waals surface area contributed by atoms with Gasteiger partial charge in [0.25, 0.3) is 5.56 Å². The van der Waals surface area contributed by atoms with Gasteiger partial charge in [-0.3, -0.25) is 14.4 Å². The normalized spacial score (nSPS) is 10.5. The topological polar surface area (TPSA) is 140 Å². The van der Waals surface area contributed by atoms with Crippen molar-refractivity contribution in [2.24, 2.45) is 0 Å². The third-order valence-corrected chi connectivity index (χ3v) is 4.45. The molecular weight excluding hydrogens is 358 g/mol. The first-order chi connectivity index (χ1) is 12.4. The number of carboxylic acid groups (broad SMARTS) is 1. The summed E-state index contributed by atoms with van der Waals surface area (Å²) in [6.45, 7) is 1.99. The van der Waals surface area contributed by atoms with Gasteiger partial charge in [0, 0.05) is 12.1 Å². The smallest absolute Gasteiger partial charge is 0.303 e. The number of aliphatic carboxylic acids is 1. The SMILES string of the molecule is CCc1ccccc1NC(=O)CSc1nnc(CCC(=O)O)c(=O)n1N. The Morgan fingerprint density at radius 3 is 2.73 bits per heavy atom. The van der Waals surface area contributed by atoms with Gasteiger partial charge >= 0.3 is 5.97 Å². The number of aromatic nitrogens is 3. The second-order valence-corrected chi connectivity index (χ2v) is 6.29. The molecule has 0 atom stereocenters. The number of thioether (sulfide) groups is 1. The second kappa shape index (κ2) is 8.99. The van der Waals surface area contributed by atoms with E-state index in [2.05, 4.69) is 15.5 Å². The van der Waals surface area contributed by atoms with E-state index in [0.717, 1.165) is 34.1 Å². The lowest BCUT2D eigenvalue weighted by Gasteiger charge is -2.10. The predicted octanol–water partition coefficient (Wildman–Crippen LogP) is 0.663. The van der Waals surface area contributed by atoms with E-state index >= 15 is 0 Å². The van der Waals surface area contributed by atoms with Gasteiger partial charge in [0.1, 0.15) is 5.69 Å². The lowest BCUT2D eigenvalue weighted by Crippen LogP contribution is -2.34. The van der Waals surface area contributed by atoms with Crippen LogP contribution in [0.5, 0.6) is 0 Å². The second-order valence-electron chi connectivity index (χ2n) is 5.35. The number of hydrogen-bond acceptors (Lipinski definition) is 7. The van der Waals surface area contributed by atoms with Crippen molar-refractivity contribution in [3.63, 3.8) is 0 Å². The van der Waals surface area contributed by atoms with Gasteiger partial charge in [0.2, 0.25) is 11.1 Å². The van der Waals surface area contributed by atoms with Crippen molar-refractivity contribution < 1.29 is 14.7 Å². The number of benzene rings is 1. The van der Waals surface area contributed by atoms with E-state index in [0.29, 0.717) is 0 Å². The van der Waals surface area contributed by atoms with Crippen LogP contribution in [-0.4, -0.2) is 37.6 Å². The fourth-order valence-corrected chi connectivity index (χ4v) is 2.82. The van der Waals surface area contributed by atoms with Crippen molar-refractivity contribution >= 4 is 29.3 Å². The number of anilines is 1. The van der Waals surface area contributed by atoms with Crippen LogP contribution in [0.15, 0.2) is 34.2 Å². The molecule has 1 amide bonds. The van der Waals surface area contributed by atoms with Crippen LogP contribution in [-0.2, 0) is 22.4 Å². The average molecular weight is 377 g/mol. The lowest BCUT2D eigenvalue weighted by molar-refractivity contribution is -0.137. The number of aryl methyl sites for hydroxylation is 2. The molecule has 1 aromatic carbocycles. The summed E-state index contributed by atoms with van der Waals surface area (Å²) < 4.78 is 0.780. The monoisotopic (exact) mass is 377 g/mol. The average Bonchev–Trinajstić information content (AvgIpc) is 2.62. The Bertz CT molecular complexity index is 868. The van der Waals surface area contributed by atoms with Crippen LogP contribution in [0.25, 0.3) is 0 Å². The van der Waals surface area contributed by atoms with E-state index in [1.165, 1.54) is 0 Å². The molecule has 4 N–H and O–H groups in total. The Labute approximate surface area is 153 Å². The van der Waals surface area contributed by atoms with Crippen molar-refractivity contribution in [3.05, 3.63) is 45.9 Å². The summed E-state index contributed by atoms with van der Waals surface area (Å²) >= 11 is 0.971. The first kappa shape index (κ1) is 19.4. The standard InChI is InChI=1S/C16H19N5O4S/c1-2-10-5-3-4-6-11(10)18-13(22)9-26-16-20-19-12(7-8-14(23)24)15(25)21(16)17/h3-6H,2,7-9,17H2,1H3,(H,18,22)(H,23,24). The molecular formula is C16H19N5O4S. The first-order valence-electron chi connectivity index (χ1n) is 7.88. The number of carboxylic acids is 1. The van der Waals surface area contributed by atoms with E-state index in [-0.39, 0.29) is 35.4 Å². The maximum Gasteiger partial charge on any atom is 0.303 e. The molecule has 0 fully saturated rings. The zero-order valence-electron chi connectivity index (χ0n) is 14.1. The Morgan fingerprint density at radius 2 is 2.04 bits per heavy atom. The molecule has 2 aromatic rings. The van der Waals surface area contributed by atoms with Crippen molar-refractivity contribution in [1.29, 1.82) is 0 Å². The van der Waals surface area contributed by atoms with Crippen LogP contribution in [0.4, 0.5) is 5.69 Å². The highest BCUT2D eigenvalue weighted by Gasteiger charge is 2.14. The summed E-state index contributed by atoms with van der Waals surface area (Å²) in [6.07, 6.45) is 0.489. The van der Waals surface area contributed by atoms with Crippen LogP contribution in [0.2, 0.25) is 0 Å². The number of nitrogens with two attached hydrogens (primary N) is 1. The molecule has 0 saturated carbocycles. The Balaban J connectivity index is 2.00. The van der Waals surface area contributed by atoms with Gasteiger partial charge in [-0.25, -0.2) is 0 Å². The number of para-hydroxylation sites is 1. The van der Waals surface area contributed by atoms with Gasteiger partial charge in [0.05, 0.1) is 12.2 Å². The molecule has 0 bridgehead atoms. The number of hydrogen-bond donors (Lipinski definition) is 3.